The van der Waals surface area contributed by atoms with E-state index in [1.54, 1.807) is 11.8 Å². The number of ketones is 1. The van der Waals surface area contributed by atoms with Crippen LogP contribution in [0.25, 0.3) is 0 Å². The summed E-state index contributed by atoms with van der Waals surface area (Å²) in [4.78, 5) is 12.1. The van der Waals surface area contributed by atoms with E-state index in [0.717, 1.165) is 22.6 Å². The van der Waals surface area contributed by atoms with Gasteiger partial charge in [-0.25, -0.2) is 0 Å². The lowest BCUT2D eigenvalue weighted by Crippen LogP contribution is -2.08. The second-order valence-electron chi connectivity index (χ2n) is 4.40. The lowest BCUT2D eigenvalue weighted by atomic mass is 9.95. The fourth-order valence-corrected chi connectivity index (χ4v) is 2.35. The summed E-state index contributed by atoms with van der Waals surface area (Å²) in [6.45, 7) is 8.89. The summed E-state index contributed by atoms with van der Waals surface area (Å²) in [5, 5.41) is 0. The molecule has 18 heavy (non-hydrogen) atoms. The average Bonchev–Trinajstić information content (AvgIpc) is 2.36. The average molecular weight is 266 g/mol. The topological polar surface area (TPSA) is 26.3 Å². The number of ether oxygens (including phenoxy) is 1. The molecule has 0 fully saturated rings. The Morgan fingerprint density at radius 2 is 2.06 bits per heavy atom. The Morgan fingerprint density at radius 3 is 2.61 bits per heavy atom. The van der Waals surface area contributed by atoms with E-state index in [1.807, 2.05) is 25.1 Å². The Bertz CT molecular complexity index is 399. The van der Waals surface area contributed by atoms with Crippen molar-refractivity contribution in [1.82, 2.24) is 0 Å². The van der Waals surface area contributed by atoms with Gasteiger partial charge >= 0.3 is 0 Å². The summed E-state index contributed by atoms with van der Waals surface area (Å²) < 4.78 is 5.50. The summed E-state index contributed by atoms with van der Waals surface area (Å²) in [5.74, 6) is 2.93. The molecule has 0 radical (unpaired) electrons. The predicted molar refractivity (Wildman–Crippen MR) is 79.0 cm³/mol. The van der Waals surface area contributed by atoms with Gasteiger partial charge in [-0.3, -0.25) is 4.79 Å². The normalized spacial score (nSPS) is 10.7. The van der Waals surface area contributed by atoms with Gasteiger partial charge in [-0.1, -0.05) is 20.8 Å². The van der Waals surface area contributed by atoms with Crippen molar-refractivity contribution in [2.45, 2.75) is 33.6 Å². The summed E-state index contributed by atoms with van der Waals surface area (Å²) in [7, 11) is 0. The molecule has 0 unspecified atom stereocenters. The standard InChI is InChI=1S/C15H22O2S/c1-5-17-12-7-8-13(14(9-12)11(3)4)15(16)10-18-6-2/h7-9,11H,5-6,10H2,1-4H3. The zero-order chi connectivity index (χ0) is 13.5. The fraction of sp³-hybridized carbons (Fsp3) is 0.533. The predicted octanol–water partition coefficient (Wildman–Crippen LogP) is 4.14. The summed E-state index contributed by atoms with van der Waals surface area (Å²) in [6, 6.07) is 5.79. The van der Waals surface area contributed by atoms with Crippen molar-refractivity contribution in [2.24, 2.45) is 0 Å². The van der Waals surface area contributed by atoms with Gasteiger partial charge in [0.15, 0.2) is 5.78 Å². The first-order valence-corrected chi connectivity index (χ1v) is 7.63. The number of benzene rings is 1. The van der Waals surface area contributed by atoms with Crippen LogP contribution in [0.5, 0.6) is 5.75 Å². The molecule has 0 atom stereocenters. The minimum absolute atomic E-state index is 0.216. The highest BCUT2D eigenvalue weighted by Crippen LogP contribution is 2.26. The van der Waals surface area contributed by atoms with E-state index in [-0.39, 0.29) is 5.78 Å². The highest BCUT2D eigenvalue weighted by molar-refractivity contribution is 7.99. The molecule has 1 rings (SSSR count). The largest absolute Gasteiger partial charge is 0.494 e. The van der Waals surface area contributed by atoms with E-state index in [9.17, 15) is 4.79 Å². The minimum Gasteiger partial charge on any atom is -0.494 e. The molecule has 0 N–H and O–H groups in total. The van der Waals surface area contributed by atoms with Gasteiger partial charge in [0.2, 0.25) is 0 Å². The first kappa shape index (κ1) is 15.1. The molecule has 0 aliphatic carbocycles. The molecule has 100 valence electrons. The van der Waals surface area contributed by atoms with E-state index >= 15 is 0 Å². The molecule has 0 saturated heterocycles. The third kappa shape index (κ3) is 4.05. The lowest BCUT2D eigenvalue weighted by Gasteiger charge is -2.14. The van der Waals surface area contributed by atoms with Gasteiger partial charge in [-0.05, 0) is 42.4 Å². The van der Waals surface area contributed by atoms with Crippen LogP contribution in [0.15, 0.2) is 18.2 Å². The van der Waals surface area contributed by atoms with Crippen molar-refractivity contribution >= 4 is 17.5 Å². The van der Waals surface area contributed by atoms with Crippen LogP contribution in [0.2, 0.25) is 0 Å². The van der Waals surface area contributed by atoms with Crippen LogP contribution in [-0.4, -0.2) is 23.9 Å². The Hall–Kier alpha value is -0.960. The van der Waals surface area contributed by atoms with Crippen molar-refractivity contribution < 1.29 is 9.53 Å². The number of hydrogen-bond acceptors (Lipinski definition) is 3. The third-order valence-electron chi connectivity index (χ3n) is 2.69. The van der Waals surface area contributed by atoms with Crippen LogP contribution in [0.4, 0.5) is 0 Å². The molecule has 0 bridgehead atoms. The highest BCUT2D eigenvalue weighted by Gasteiger charge is 2.14. The molecule has 1 aromatic carbocycles. The van der Waals surface area contributed by atoms with Gasteiger partial charge in [0.1, 0.15) is 5.75 Å². The molecule has 2 nitrogen and oxygen atoms in total. The molecule has 3 heteroatoms. The number of carbonyl (C=O) groups excluding carboxylic acids is 1. The van der Waals surface area contributed by atoms with Crippen LogP contribution in [0, 0.1) is 0 Å². The second kappa shape index (κ2) is 7.47. The molecule has 0 aromatic heterocycles. The van der Waals surface area contributed by atoms with Crippen molar-refractivity contribution in [2.75, 3.05) is 18.1 Å². The Kier molecular flexibility index (Phi) is 6.27. The first-order chi connectivity index (χ1) is 8.60. The van der Waals surface area contributed by atoms with Crippen LogP contribution in [-0.2, 0) is 0 Å². The molecule has 0 heterocycles. The quantitative estimate of drug-likeness (QED) is 0.694. The number of thioether (sulfide) groups is 1. The highest BCUT2D eigenvalue weighted by atomic mass is 32.2. The second-order valence-corrected chi connectivity index (χ2v) is 5.67. The van der Waals surface area contributed by atoms with Gasteiger partial charge in [-0.15, -0.1) is 0 Å². The van der Waals surface area contributed by atoms with Gasteiger partial charge in [0.25, 0.3) is 0 Å². The van der Waals surface area contributed by atoms with Crippen molar-refractivity contribution in [3.63, 3.8) is 0 Å². The Labute approximate surface area is 114 Å². The van der Waals surface area contributed by atoms with Crippen LogP contribution < -0.4 is 4.74 Å². The lowest BCUT2D eigenvalue weighted by molar-refractivity contribution is 0.102. The van der Waals surface area contributed by atoms with Crippen molar-refractivity contribution in [1.29, 1.82) is 0 Å². The maximum absolute atomic E-state index is 12.1. The summed E-state index contributed by atoms with van der Waals surface area (Å²) in [5.41, 5.74) is 1.93. The zero-order valence-corrected chi connectivity index (χ0v) is 12.5. The SMILES string of the molecule is CCOc1ccc(C(=O)CSCC)c(C(C)C)c1. The van der Waals surface area contributed by atoms with E-state index < -0.39 is 0 Å². The van der Waals surface area contributed by atoms with Gasteiger partial charge < -0.3 is 4.74 Å². The summed E-state index contributed by atoms with van der Waals surface area (Å²) in [6.07, 6.45) is 0. The molecule has 0 spiro atoms. The number of rotatable bonds is 7. The van der Waals surface area contributed by atoms with Crippen molar-refractivity contribution in [3.05, 3.63) is 29.3 Å². The molecule has 0 saturated carbocycles. The molecular weight excluding hydrogens is 244 g/mol. The molecule has 0 aliphatic rings. The molecule has 1 aromatic rings. The fourth-order valence-electron chi connectivity index (χ4n) is 1.80. The van der Waals surface area contributed by atoms with E-state index in [4.69, 9.17) is 4.74 Å². The maximum atomic E-state index is 12.1. The van der Waals surface area contributed by atoms with Crippen LogP contribution in [0.1, 0.15) is 49.5 Å². The maximum Gasteiger partial charge on any atom is 0.173 e. The Morgan fingerprint density at radius 1 is 1.33 bits per heavy atom. The smallest absolute Gasteiger partial charge is 0.173 e. The third-order valence-corrected chi connectivity index (χ3v) is 3.57. The zero-order valence-electron chi connectivity index (χ0n) is 11.7. The van der Waals surface area contributed by atoms with Crippen LogP contribution >= 0.6 is 11.8 Å². The number of hydrogen-bond donors (Lipinski definition) is 0. The van der Waals surface area contributed by atoms with E-state index in [2.05, 4.69) is 20.8 Å². The molecule has 0 amide bonds. The van der Waals surface area contributed by atoms with Crippen molar-refractivity contribution in [3.8, 4) is 5.75 Å². The molecular formula is C15H22O2S. The number of Topliss-reactive ketones (excluding diaryl/α,β-unsaturated/α-hetero) is 1. The first-order valence-electron chi connectivity index (χ1n) is 6.47. The Balaban J connectivity index is 2.99. The summed E-state index contributed by atoms with van der Waals surface area (Å²) >= 11 is 1.67. The van der Waals surface area contributed by atoms with Gasteiger partial charge in [-0.2, -0.15) is 11.8 Å². The monoisotopic (exact) mass is 266 g/mol. The van der Waals surface area contributed by atoms with E-state index in [1.165, 1.54) is 0 Å². The van der Waals surface area contributed by atoms with Crippen LogP contribution in [0.3, 0.4) is 0 Å². The minimum atomic E-state index is 0.216. The molecule has 0 aliphatic heterocycles. The van der Waals surface area contributed by atoms with Gasteiger partial charge in [0, 0.05) is 5.56 Å². The van der Waals surface area contributed by atoms with E-state index in [0.29, 0.717) is 18.3 Å². The number of carbonyl (C=O) groups is 1. The van der Waals surface area contributed by atoms with Gasteiger partial charge in [0.05, 0.1) is 12.4 Å².